The fourth-order valence-electron chi connectivity index (χ4n) is 3.11. The van der Waals surface area contributed by atoms with Gasteiger partial charge in [0.05, 0.1) is 16.6 Å². The minimum atomic E-state index is -4.14. The van der Waals surface area contributed by atoms with Crippen LogP contribution in [0, 0.1) is 0 Å². The summed E-state index contributed by atoms with van der Waals surface area (Å²) in [6.07, 6.45) is 1.95. The number of hydrogen-bond donors (Lipinski definition) is 2. The van der Waals surface area contributed by atoms with E-state index in [1.54, 1.807) is 31.2 Å². The summed E-state index contributed by atoms with van der Waals surface area (Å²) in [6.45, 7) is 3.85. The number of ether oxygens (including phenoxy) is 2. The van der Waals surface area contributed by atoms with Gasteiger partial charge in [0.25, 0.3) is 21.8 Å². The maximum Gasteiger partial charge on any atom is 0.357 e. The molecule has 2 N–H and O–H groups in total. The molecule has 0 unspecified atom stereocenters. The molecule has 0 bridgehead atoms. The van der Waals surface area contributed by atoms with Crippen LogP contribution in [-0.4, -0.2) is 50.4 Å². The third-order valence-corrected chi connectivity index (χ3v) is 6.77. The molecule has 38 heavy (non-hydrogen) atoms. The molecule has 0 aliphatic rings. The zero-order valence-corrected chi connectivity index (χ0v) is 21.9. The number of para-hydroxylation sites is 1. The van der Waals surface area contributed by atoms with Crippen LogP contribution in [-0.2, 0) is 26.0 Å². The third kappa shape index (κ3) is 8.41. The predicted octanol–water partition coefficient (Wildman–Crippen LogP) is 2.89. The SMILES string of the molecule is CC[C@H](C)OC(=O)c1ccc(C(=O)NS(=O)(=O)c2ccc(CCNC(=O)COc3ccccc3)cc2)cn1. The Labute approximate surface area is 221 Å². The average molecular weight is 540 g/mol. The Bertz CT molecular complexity index is 1340. The number of pyridine rings is 1. The van der Waals surface area contributed by atoms with Gasteiger partial charge in [0.15, 0.2) is 6.61 Å². The number of rotatable bonds is 12. The Morgan fingerprint density at radius 1 is 0.974 bits per heavy atom. The van der Waals surface area contributed by atoms with Crippen molar-refractivity contribution in [2.75, 3.05) is 13.2 Å². The highest BCUT2D eigenvalue weighted by molar-refractivity contribution is 7.90. The van der Waals surface area contributed by atoms with Crippen molar-refractivity contribution in [1.29, 1.82) is 0 Å². The van der Waals surface area contributed by atoms with E-state index in [1.165, 1.54) is 24.3 Å². The van der Waals surface area contributed by atoms with Crippen molar-refractivity contribution in [2.24, 2.45) is 0 Å². The first-order valence-corrected chi connectivity index (χ1v) is 13.4. The Hall–Kier alpha value is -4.25. The molecular weight excluding hydrogens is 510 g/mol. The summed E-state index contributed by atoms with van der Waals surface area (Å²) in [5.41, 5.74) is 0.779. The number of amides is 2. The second-order valence-corrected chi connectivity index (χ2v) is 10.0. The van der Waals surface area contributed by atoms with Crippen molar-refractivity contribution in [3.63, 3.8) is 0 Å². The molecule has 3 aromatic rings. The van der Waals surface area contributed by atoms with Crippen LogP contribution in [0.15, 0.2) is 77.8 Å². The quantitative estimate of drug-likeness (QED) is 0.335. The first-order chi connectivity index (χ1) is 18.2. The monoisotopic (exact) mass is 539 g/mol. The molecular formula is C27H29N3O7S. The lowest BCUT2D eigenvalue weighted by molar-refractivity contribution is -0.123. The summed E-state index contributed by atoms with van der Waals surface area (Å²) < 4.78 is 37.9. The van der Waals surface area contributed by atoms with Gasteiger partial charge in [-0.3, -0.25) is 9.59 Å². The second kappa shape index (κ2) is 13.3. The minimum Gasteiger partial charge on any atom is -0.484 e. The Kier molecular flexibility index (Phi) is 9.94. The van der Waals surface area contributed by atoms with E-state index in [2.05, 4.69) is 10.3 Å². The second-order valence-electron chi connectivity index (χ2n) is 8.34. The number of sulfonamides is 1. The van der Waals surface area contributed by atoms with Crippen molar-refractivity contribution >= 4 is 27.8 Å². The molecule has 2 amide bonds. The van der Waals surface area contributed by atoms with Gasteiger partial charge < -0.3 is 14.8 Å². The summed E-state index contributed by atoms with van der Waals surface area (Å²) in [4.78, 5) is 40.2. The Balaban J connectivity index is 1.48. The van der Waals surface area contributed by atoms with Crippen LogP contribution in [0.2, 0.25) is 0 Å². The number of carbonyl (C=O) groups is 3. The van der Waals surface area contributed by atoms with E-state index in [1.807, 2.05) is 29.8 Å². The number of aromatic nitrogens is 1. The van der Waals surface area contributed by atoms with Gasteiger partial charge in [0.1, 0.15) is 11.4 Å². The van der Waals surface area contributed by atoms with E-state index < -0.39 is 21.9 Å². The van der Waals surface area contributed by atoms with Crippen molar-refractivity contribution in [3.8, 4) is 5.75 Å². The topological polar surface area (TPSA) is 141 Å². The highest BCUT2D eigenvalue weighted by Gasteiger charge is 2.20. The number of carbonyl (C=O) groups excluding carboxylic acids is 3. The first-order valence-electron chi connectivity index (χ1n) is 12.0. The minimum absolute atomic E-state index is 0.0141. The lowest BCUT2D eigenvalue weighted by Gasteiger charge is -2.11. The normalized spacial score (nSPS) is 11.7. The molecule has 11 heteroatoms. The molecule has 1 aromatic heterocycles. The molecule has 2 aromatic carbocycles. The molecule has 10 nitrogen and oxygen atoms in total. The van der Waals surface area contributed by atoms with Crippen LogP contribution in [0.3, 0.4) is 0 Å². The zero-order chi connectivity index (χ0) is 27.5. The van der Waals surface area contributed by atoms with Crippen LogP contribution in [0.4, 0.5) is 0 Å². The van der Waals surface area contributed by atoms with Gasteiger partial charge in [-0.2, -0.15) is 0 Å². The Morgan fingerprint density at radius 3 is 2.32 bits per heavy atom. The molecule has 0 radical (unpaired) electrons. The zero-order valence-electron chi connectivity index (χ0n) is 21.0. The lowest BCUT2D eigenvalue weighted by atomic mass is 10.1. The number of benzene rings is 2. The lowest BCUT2D eigenvalue weighted by Crippen LogP contribution is -2.31. The highest BCUT2D eigenvalue weighted by Crippen LogP contribution is 2.13. The smallest absolute Gasteiger partial charge is 0.357 e. The third-order valence-electron chi connectivity index (χ3n) is 5.43. The summed E-state index contributed by atoms with van der Waals surface area (Å²) in [5.74, 6) is -1.18. The fourth-order valence-corrected chi connectivity index (χ4v) is 4.09. The standard InChI is InChI=1S/C27H29N3O7S/c1-3-19(2)37-27(33)24-14-11-21(17-29-24)26(32)30-38(34,35)23-12-9-20(10-13-23)15-16-28-25(31)18-36-22-7-5-4-6-8-22/h4-14,17,19H,3,15-16,18H2,1-2H3,(H,28,31)(H,30,32)/t19-/m0/s1. The number of nitrogens with zero attached hydrogens (tertiary/aromatic N) is 1. The van der Waals surface area contributed by atoms with Crippen LogP contribution in [0.5, 0.6) is 5.75 Å². The summed E-state index contributed by atoms with van der Waals surface area (Å²) in [7, 11) is -4.14. The molecule has 3 rings (SSSR count). The first kappa shape index (κ1) is 28.3. The van der Waals surface area contributed by atoms with E-state index in [0.29, 0.717) is 25.1 Å². The largest absolute Gasteiger partial charge is 0.484 e. The van der Waals surface area contributed by atoms with Gasteiger partial charge in [0, 0.05) is 12.7 Å². The van der Waals surface area contributed by atoms with Crippen LogP contribution >= 0.6 is 0 Å². The molecule has 0 spiro atoms. The van der Waals surface area contributed by atoms with E-state index in [9.17, 15) is 22.8 Å². The molecule has 200 valence electrons. The number of esters is 1. The van der Waals surface area contributed by atoms with Gasteiger partial charge in [-0.05, 0) is 61.7 Å². The number of hydrogen-bond acceptors (Lipinski definition) is 8. The maximum atomic E-state index is 12.7. The van der Waals surface area contributed by atoms with Crippen LogP contribution < -0.4 is 14.8 Å². The van der Waals surface area contributed by atoms with Crippen molar-refractivity contribution in [1.82, 2.24) is 15.0 Å². The van der Waals surface area contributed by atoms with Crippen molar-refractivity contribution < 1.29 is 32.3 Å². The van der Waals surface area contributed by atoms with Crippen LogP contribution in [0.25, 0.3) is 0 Å². The fraction of sp³-hybridized carbons (Fsp3) is 0.259. The molecule has 1 heterocycles. The van der Waals surface area contributed by atoms with Gasteiger partial charge in [-0.1, -0.05) is 37.3 Å². The van der Waals surface area contributed by atoms with E-state index in [0.717, 1.165) is 11.8 Å². The van der Waals surface area contributed by atoms with Crippen molar-refractivity contribution in [3.05, 3.63) is 89.7 Å². The highest BCUT2D eigenvalue weighted by atomic mass is 32.2. The van der Waals surface area contributed by atoms with Gasteiger partial charge >= 0.3 is 5.97 Å². The summed E-state index contributed by atoms with van der Waals surface area (Å²) in [5, 5.41) is 2.74. The van der Waals surface area contributed by atoms with E-state index in [4.69, 9.17) is 9.47 Å². The predicted molar refractivity (Wildman–Crippen MR) is 139 cm³/mol. The van der Waals surface area contributed by atoms with Gasteiger partial charge in [-0.15, -0.1) is 0 Å². The van der Waals surface area contributed by atoms with E-state index >= 15 is 0 Å². The van der Waals surface area contributed by atoms with Gasteiger partial charge in [-0.25, -0.2) is 22.9 Å². The maximum absolute atomic E-state index is 12.7. The van der Waals surface area contributed by atoms with E-state index in [-0.39, 0.29) is 34.8 Å². The van der Waals surface area contributed by atoms with Gasteiger partial charge in [0.2, 0.25) is 0 Å². The van der Waals surface area contributed by atoms with Crippen molar-refractivity contribution in [2.45, 2.75) is 37.7 Å². The molecule has 0 saturated heterocycles. The molecule has 0 saturated carbocycles. The average Bonchev–Trinajstić information content (AvgIpc) is 2.92. The molecule has 1 atom stereocenters. The van der Waals surface area contributed by atoms with Crippen LogP contribution in [0.1, 0.15) is 46.7 Å². The Morgan fingerprint density at radius 2 is 1.68 bits per heavy atom. The molecule has 0 aliphatic heterocycles. The summed E-state index contributed by atoms with van der Waals surface area (Å²) in [6, 6.07) is 17.5. The summed E-state index contributed by atoms with van der Waals surface area (Å²) >= 11 is 0. The molecule has 0 aliphatic carbocycles. The molecule has 0 fully saturated rings. The number of nitrogens with one attached hydrogen (secondary N) is 2.